The van der Waals surface area contributed by atoms with E-state index in [4.69, 9.17) is 4.42 Å². The number of aliphatic hydroxyl groups is 1. The van der Waals surface area contributed by atoms with Crippen molar-refractivity contribution in [2.45, 2.75) is 19.4 Å². The Morgan fingerprint density at radius 3 is 2.38 bits per heavy atom. The van der Waals surface area contributed by atoms with Crippen LogP contribution in [0.25, 0.3) is 22.3 Å². The zero-order valence-corrected chi connectivity index (χ0v) is 14.1. The molecular formula is C20H18O6. The van der Waals surface area contributed by atoms with Gasteiger partial charge in [-0.3, -0.25) is 4.79 Å². The maximum Gasteiger partial charge on any atom is 0.197 e. The lowest BCUT2D eigenvalue weighted by molar-refractivity contribution is 0.210. The van der Waals surface area contributed by atoms with Crippen molar-refractivity contribution in [1.82, 2.24) is 0 Å². The minimum Gasteiger partial charge on any atom is -0.508 e. The summed E-state index contributed by atoms with van der Waals surface area (Å²) in [7, 11) is 0. The van der Waals surface area contributed by atoms with Crippen LogP contribution in [0.15, 0.2) is 57.8 Å². The summed E-state index contributed by atoms with van der Waals surface area (Å²) in [5, 5.41) is 39.7. The van der Waals surface area contributed by atoms with Gasteiger partial charge in [0, 0.05) is 29.7 Å². The van der Waals surface area contributed by atoms with Gasteiger partial charge in [-0.15, -0.1) is 0 Å². The zero-order valence-electron chi connectivity index (χ0n) is 14.1. The molecule has 0 saturated heterocycles. The maximum absolute atomic E-state index is 12.5. The predicted octanol–water partition coefficient (Wildman–Crippen LogP) is 3.06. The molecule has 0 fully saturated rings. The lowest BCUT2D eigenvalue weighted by Gasteiger charge is -2.14. The van der Waals surface area contributed by atoms with Gasteiger partial charge < -0.3 is 24.8 Å². The van der Waals surface area contributed by atoms with Crippen molar-refractivity contribution in [3.63, 3.8) is 0 Å². The van der Waals surface area contributed by atoms with Crippen molar-refractivity contribution >= 4 is 11.0 Å². The van der Waals surface area contributed by atoms with Gasteiger partial charge in [-0.05, 0) is 31.2 Å². The Hall–Kier alpha value is -3.25. The van der Waals surface area contributed by atoms with E-state index in [0.717, 1.165) is 6.07 Å². The van der Waals surface area contributed by atoms with Crippen LogP contribution in [0.3, 0.4) is 0 Å². The Morgan fingerprint density at radius 2 is 1.77 bits per heavy atom. The van der Waals surface area contributed by atoms with E-state index in [9.17, 15) is 25.2 Å². The van der Waals surface area contributed by atoms with E-state index < -0.39 is 17.3 Å². The Morgan fingerprint density at radius 1 is 1.12 bits per heavy atom. The summed E-state index contributed by atoms with van der Waals surface area (Å²) in [6, 6.07) is 8.33. The lowest BCUT2D eigenvalue weighted by atomic mass is 9.99. The molecule has 0 aliphatic heterocycles. The molecule has 2 aromatic carbocycles. The Balaban J connectivity index is 2.28. The number of phenols is 3. The van der Waals surface area contributed by atoms with Crippen molar-refractivity contribution in [3.8, 4) is 28.6 Å². The predicted molar refractivity (Wildman–Crippen MR) is 97.4 cm³/mol. The fourth-order valence-electron chi connectivity index (χ4n) is 2.69. The summed E-state index contributed by atoms with van der Waals surface area (Å²) < 4.78 is 5.80. The number of hydrogen-bond donors (Lipinski definition) is 4. The summed E-state index contributed by atoms with van der Waals surface area (Å²) in [5.41, 5.74) is 0.737. The highest BCUT2D eigenvalue weighted by atomic mass is 16.3. The third kappa shape index (κ3) is 3.14. The standard InChI is InChI=1S/C20H18O6/c1-10(2)14(22)7-13-15(23)8-16(24)19-17(25)9-18(26-20(13)19)11-3-5-12(21)6-4-11/h3-6,8-9,14,21-24H,1,7H2,2H3. The normalized spacial score (nSPS) is 12.2. The third-order valence-corrected chi connectivity index (χ3v) is 4.18. The van der Waals surface area contributed by atoms with Crippen LogP contribution in [0.5, 0.6) is 17.2 Å². The van der Waals surface area contributed by atoms with E-state index in [0.29, 0.717) is 11.1 Å². The molecule has 0 aliphatic carbocycles. The molecule has 0 bridgehead atoms. The molecule has 0 radical (unpaired) electrons. The van der Waals surface area contributed by atoms with E-state index in [2.05, 4.69) is 6.58 Å². The summed E-state index contributed by atoms with van der Waals surface area (Å²) in [6.07, 6.45) is -0.976. The van der Waals surface area contributed by atoms with Crippen LogP contribution in [0, 0.1) is 0 Å². The highest BCUT2D eigenvalue weighted by Gasteiger charge is 2.20. The molecular weight excluding hydrogens is 336 g/mol. The van der Waals surface area contributed by atoms with Crippen LogP contribution in [-0.4, -0.2) is 26.5 Å². The van der Waals surface area contributed by atoms with Crippen LogP contribution >= 0.6 is 0 Å². The van der Waals surface area contributed by atoms with Gasteiger partial charge in [0.05, 0.1) is 6.10 Å². The first-order valence-corrected chi connectivity index (χ1v) is 7.92. The number of phenolic OH excluding ortho intramolecular Hbond substituents is 3. The van der Waals surface area contributed by atoms with Gasteiger partial charge in [0.25, 0.3) is 0 Å². The number of rotatable bonds is 4. The second kappa shape index (κ2) is 6.57. The van der Waals surface area contributed by atoms with E-state index in [-0.39, 0.29) is 40.2 Å². The Labute approximate surface area is 148 Å². The number of benzene rings is 2. The molecule has 6 nitrogen and oxygen atoms in total. The molecule has 3 rings (SSSR count). The van der Waals surface area contributed by atoms with Gasteiger partial charge in [0.1, 0.15) is 34.0 Å². The number of fused-ring (bicyclic) bond motifs is 1. The smallest absolute Gasteiger partial charge is 0.197 e. The van der Waals surface area contributed by atoms with E-state index in [1.165, 1.54) is 18.2 Å². The van der Waals surface area contributed by atoms with Gasteiger partial charge in [-0.1, -0.05) is 12.2 Å². The van der Waals surface area contributed by atoms with Crippen molar-refractivity contribution in [3.05, 3.63) is 64.3 Å². The lowest BCUT2D eigenvalue weighted by Crippen LogP contribution is -2.12. The average Bonchev–Trinajstić information content (AvgIpc) is 2.58. The highest BCUT2D eigenvalue weighted by Crippen LogP contribution is 2.36. The second-order valence-electron chi connectivity index (χ2n) is 6.19. The summed E-state index contributed by atoms with van der Waals surface area (Å²) in [4.78, 5) is 12.5. The quantitative estimate of drug-likeness (QED) is 0.536. The second-order valence-corrected chi connectivity index (χ2v) is 6.19. The average molecular weight is 354 g/mol. The van der Waals surface area contributed by atoms with Gasteiger partial charge >= 0.3 is 0 Å². The van der Waals surface area contributed by atoms with Crippen LogP contribution in [-0.2, 0) is 6.42 Å². The maximum atomic E-state index is 12.5. The molecule has 0 saturated carbocycles. The molecule has 6 heteroatoms. The minimum atomic E-state index is -0.948. The van der Waals surface area contributed by atoms with Gasteiger partial charge in [-0.2, -0.15) is 0 Å². The molecule has 3 aromatic rings. The topological polar surface area (TPSA) is 111 Å². The Bertz CT molecular complexity index is 1050. The Kier molecular flexibility index (Phi) is 4.44. The zero-order chi connectivity index (χ0) is 19.0. The van der Waals surface area contributed by atoms with Crippen molar-refractivity contribution in [2.24, 2.45) is 0 Å². The van der Waals surface area contributed by atoms with E-state index in [1.54, 1.807) is 19.1 Å². The monoisotopic (exact) mass is 354 g/mol. The molecule has 0 spiro atoms. The molecule has 0 amide bonds. The summed E-state index contributed by atoms with van der Waals surface area (Å²) >= 11 is 0. The third-order valence-electron chi connectivity index (χ3n) is 4.18. The fraction of sp³-hybridized carbons (Fsp3) is 0.150. The van der Waals surface area contributed by atoms with Crippen LogP contribution in [0.2, 0.25) is 0 Å². The van der Waals surface area contributed by atoms with E-state index >= 15 is 0 Å². The molecule has 134 valence electrons. The highest BCUT2D eigenvalue weighted by molar-refractivity contribution is 5.89. The molecule has 26 heavy (non-hydrogen) atoms. The first-order valence-electron chi connectivity index (χ1n) is 7.92. The molecule has 4 N–H and O–H groups in total. The van der Waals surface area contributed by atoms with Crippen LogP contribution in [0.1, 0.15) is 12.5 Å². The SMILES string of the molecule is C=C(C)C(O)Cc1c(O)cc(O)c2c(=O)cc(-c3ccc(O)cc3)oc12. The van der Waals surface area contributed by atoms with Crippen LogP contribution < -0.4 is 5.43 Å². The summed E-state index contributed by atoms with van der Waals surface area (Å²) in [5.74, 6) is -0.422. The number of aliphatic hydroxyl groups excluding tert-OH is 1. The number of hydrogen-bond acceptors (Lipinski definition) is 6. The summed E-state index contributed by atoms with van der Waals surface area (Å²) in [6.45, 7) is 5.31. The first-order chi connectivity index (χ1) is 12.3. The largest absolute Gasteiger partial charge is 0.508 e. The fourth-order valence-corrected chi connectivity index (χ4v) is 2.69. The van der Waals surface area contributed by atoms with E-state index in [1.807, 2.05) is 0 Å². The van der Waals surface area contributed by atoms with Gasteiger partial charge in [0.2, 0.25) is 0 Å². The van der Waals surface area contributed by atoms with Gasteiger partial charge in [-0.25, -0.2) is 0 Å². The minimum absolute atomic E-state index is 0.00150. The number of aromatic hydroxyl groups is 3. The molecule has 1 heterocycles. The van der Waals surface area contributed by atoms with Crippen molar-refractivity contribution in [2.75, 3.05) is 0 Å². The van der Waals surface area contributed by atoms with Crippen molar-refractivity contribution in [1.29, 1.82) is 0 Å². The molecule has 0 aliphatic rings. The van der Waals surface area contributed by atoms with Crippen molar-refractivity contribution < 1.29 is 24.8 Å². The van der Waals surface area contributed by atoms with Gasteiger partial charge in [0.15, 0.2) is 5.43 Å². The molecule has 1 aromatic heterocycles. The first kappa shape index (κ1) is 17.6. The molecule has 1 unspecified atom stereocenters. The molecule has 1 atom stereocenters. The van der Waals surface area contributed by atoms with Crippen LogP contribution in [0.4, 0.5) is 0 Å².